The summed E-state index contributed by atoms with van der Waals surface area (Å²) >= 11 is 0. The number of halogens is 2. The number of hydrogen-bond acceptors (Lipinski definition) is 3. The van der Waals surface area contributed by atoms with E-state index >= 15 is 0 Å². The summed E-state index contributed by atoms with van der Waals surface area (Å²) in [6.45, 7) is 3.71. The minimum atomic E-state index is -0.254. The Kier molecular flexibility index (Phi) is 9.79. The second-order valence-corrected chi connectivity index (χ2v) is 5.37. The van der Waals surface area contributed by atoms with Gasteiger partial charge in [0.05, 0.1) is 20.8 Å². The molecule has 0 aliphatic rings. The molecule has 26 heavy (non-hydrogen) atoms. The van der Waals surface area contributed by atoms with Crippen LogP contribution in [-0.4, -0.2) is 26.7 Å². The molecule has 0 aliphatic heterocycles. The van der Waals surface area contributed by atoms with Crippen LogP contribution in [0.5, 0.6) is 11.5 Å². The summed E-state index contributed by atoms with van der Waals surface area (Å²) in [4.78, 5) is 4.49. The second kappa shape index (κ2) is 11.6. The summed E-state index contributed by atoms with van der Waals surface area (Å²) in [5.41, 5.74) is 1.86. The van der Waals surface area contributed by atoms with Gasteiger partial charge < -0.3 is 20.1 Å². The smallest absolute Gasteiger partial charge is 0.191 e. The fraction of sp³-hybridized carbons (Fsp3) is 0.316. The molecule has 0 saturated heterocycles. The predicted molar refractivity (Wildman–Crippen MR) is 113 cm³/mol. The van der Waals surface area contributed by atoms with Gasteiger partial charge in [0.15, 0.2) is 17.5 Å². The number of methoxy groups -OCH3 is 2. The molecule has 0 atom stereocenters. The second-order valence-electron chi connectivity index (χ2n) is 5.37. The molecule has 0 spiro atoms. The van der Waals surface area contributed by atoms with Crippen LogP contribution >= 0.6 is 24.0 Å². The molecule has 2 aromatic rings. The van der Waals surface area contributed by atoms with Crippen LogP contribution in [0.25, 0.3) is 0 Å². The van der Waals surface area contributed by atoms with Gasteiger partial charge in [0.2, 0.25) is 0 Å². The van der Waals surface area contributed by atoms with Crippen molar-refractivity contribution in [1.29, 1.82) is 0 Å². The van der Waals surface area contributed by atoms with Crippen molar-refractivity contribution in [3.05, 3.63) is 59.4 Å². The third-order valence-corrected chi connectivity index (χ3v) is 3.56. The number of ether oxygens (including phenoxy) is 2. The van der Waals surface area contributed by atoms with Crippen LogP contribution in [0.1, 0.15) is 18.1 Å². The van der Waals surface area contributed by atoms with Crippen molar-refractivity contribution >= 4 is 29.9 Å². The Balaban J connectivity index is 0.00000338. The van der Waals surface area contributed by atoms with Crippen molar-refractivity contribution in [2.75, 3.05) is 20.8 Å². The first-order valence-electron chi connectivity index (χ1n) is 8.13. The average Bonchev–Trinajstić information content (AvgIpc) is 2.63. The molecule has 0 bridgehead atoms. The lowest BCUT2D eigenvalue weighted by molar-refractivity contribution is 0.354. The number of nitrogens with zero attached hydrogens (tertiary/aromatic N) is 1. The third-order valence-electron chi connectivity index (χ3n) is 3.56. The first-order valence-corrected chi connectivity index (χ1v) is 8.13. The third kappa shape index (κ3) is 6.70. The average molecular weight is 473 g/mol. The van der Waals surface area contributed by atoms with Crippen LogP contribution in [0.3, 0.4) is 0 Å². The highest BCUT2D eigenvalue weighted by atomic mass is 127. The lowest BCUT2D eigenvalue weighted by Gasteiger charge is -2.13. The van der Waals surface area contributed by atoms with E-state index in [1.165, 1.54) is 12.1 Å². The quantitative estimate of drug-likeness (QED) is 0.366. The molecule has 0 saturated carbocycles. The van der Waals surface area contributed by atoms with Gasteiger partial charge in [-0.25, -0.2) is 9.38 Å². The molecule has 0 amide bonds. The van der Waals surface area contributed by atoms with Crippen LogP contribution in [0.15, 0.2) is 47.5 Å². The molecule has 2 aromatic carbocycles. The molecule has 2 N–H and O–H groups in total. The summed E-state index contributed by atoms with van der Waals surface area (Å²) in [5, 5.41) is 6.44. The first kappa shape index (κ1) is 22.0. The summed E-state index contributed by atoms with van der Waals surface area (Å²) in [6, 6.07) is 12.2. The van der Waals surface area contributed by atoms with Crippen molar-refractivity contribution in [1.82, 2.24) is 10.6 Å². The lowest BCUT2D eigenvalue weighted by atomic mass is 10.2. The molecule has 0 radical (unpaired) electrons. The van der Waals surface area contributed by atoms with E-state index in [2.05, 4.69) is 15.6 Å². The van der Waals surface area contributed by atoms with Crippen LogP contribution < -0.4 is 20.1 Å². The van der Waals surface area contributed by atoms with Gasteiger partial charge in [-0.1, -0.05) is 18.2 Å². The Labute approximate surface area is 171 Å². The van der Waals surface area contributed by atoms with Crippen LogP contribution in [-0.2, 0) is 13.1 Å². The molecular weight excluding hydrogens is 448 g/mol. The summed E-state index contributed by atoms with van der Waals surface area (Å²) in [5.74, 6) is 1.79. The molecule has 7 heteroatoms. The van der Waals surface area contributed by atoms with Crippen molar-refractivity contribution in [2.45, 2.75) is 20.0 Å². The van der Waals surface area contributed by atoms with Gasteiger partial charge in [-0.15, -0.1) is 24.0 Å². The van der Waals surface area contributed by atoms with Crippen LogP contribution in [0.4, 0.5) is 4.39 Å². The SMILES string of the molecule is CCNC(=NCc1cccc(F)c1)NCc1ccc(OC)c(OC)c1.I. The molecule has 0 aliphatic carbocycles. The molecule has 0 aromatic heterocycles. The van der Waals surface area contributed by atoms with Crippen LogP contribution in [0, 0.1) is 5.82 Å². The Morgan fingerprint density at radius 3 is 2.42 bits per heavy atom. The maximum atomic E-state index is 13.2. The van der Waals surface area contributed by atoms with E-state index in [0.717, 1.165) is 17.7 Å². The minimum absolute atomic E-state index is 0. The number of nitrogens with one attached hydrogen (secondary N) is 2. The Morgan fingerprint density at radius 1 is 1.00 bits per heavy atom. The number of aliphatic imine (C=N–C) groups is 1. The topological polar surface area (TPSA) is 54.9 Å². The predicted octanol–water partition coefficient (Wildman–Crippen LogP) is 3.72. The summed E-state index contributed by atoms with van der Waals surface area (Å²) < 4.78 is 23.8. The number of hydrogen-bond donors (Lipinski definition) is 2. The van der Waals surface area contributed by atoms with Crippen LogP contribution in [0.2, 0.25) is 0 Å². The molecule has 0 fully saturated rings. The van der Waals surface area contributed by atoms with E-state index in [9.17, 15) is 4.39 Å². The number of rotatable bonds is 7. The highest BCUT2D eigenvalue weighted by molar-refractivity contribution is 14.0. The molecule has 5 nitrogen and oxygen atoms in total. The highest BCUT2D eigenvalue weighted by Gasteiger charge is 2.05. The molecular formula is C19H25FIN3O2. The lowest BCUT2D eigenvalue weighted by Crippen LogP contribution is -2.36. The standard InChI is InChI=1S/C19H24FN3O2.HI/c1-4-21-19(22-12-14-6-5-7-16(20)10-14)23-13-15-8-9-17(24-2)18(11-15)25-3;/h5-11H,4,12-13H2,1-3H3,(H2,21,22,23);1H. The van der Waals surface area contributed by atoms with Crippen molar-refractivity contribution in [2.24, 2.45) is 4.99 Å². The first-order chi connectivity index (χ1) is 12.2. The number of benzene rings is 2. The molecule has 142 valence electrons. The Hall–Kier alpha value is -2.03. The van der Waals surface area contributed by atoms with E-state index in [4.69, 9.17) is 9.47 Å². The van der Waals surface area contributed by atoms with Gasteiger partial charge in [0.1, 0.15) is 5.82 Å². The fourth-order valence-corrected chi connectivity index (χ4v) is 2.32. The van der Waals surface area contributed by atoms with Gasteiger partial charge in [0.25, 0.3) is 0 Å². The Morgan fingerprint density at radius 2 is 1.77 bits per heavy atom. The van der Waals surface area contributed by atoms with E-state index in [1.807, 2.05) is 31.2 Å². The van der Waals surface area contributed by atoms with E-state index in [0.29, 0.717) is 30.5 Å². The Bertz CT molecular complexity index is 726. The van der Waals surface area contributed by atoms with Gasteiger partial charge in [-0.3, -0.25) is 0 Å². The molecule has 0 heterocycles. The van der Waals surface area contributed by atoms with Gasteiger partial charge in [-0.05, 0) is 42.3 Å². The fourth-order valence-electron chi connectivity index (χ4n) is 2.32. The molecule has 0 unspecified atom stereocenters. The van der Waals surface area contributed by atoms with Crippen molar-refractivity contribution in [3.63, 3.8) is 0 Å². The van der Waals surface area contributed by atoms with Gasteiger partial charge in [-0.2, -0.15) is 0 Å². The number of guanidine groups is 1. The normalized spacial score (nSPS) is 10.7. The maximum Gasteiger partial charge on any atom is 0.191 e. The van der Waals surface area contributed by atoms with Gasteiger partial charge >= 0.3 is 0 Å². The zero-order valence-corrected chi connectivity index (χ0v) is 17.5. The van der Waals surface area contributed by atoms with Crippen molar-refractivity contribution < 1.29 is 13.9 Å². The monoisotopic (exact) mass is 473 g/mol. The van der Waals surface area contributed by atoms with Crippen molar-refractivity contribution in [3.8, 4) is 11.5 Å². The van der Waals surface area contributed by atoms with E-state index < -0.39 is 0 Å². The summed E-state index contributed by atoms with van der Waals surface area (Å²) in [7, 11) is 3.22. The largest absolute Gasteiger partial charge is 0.493 e. The summed E-state index contributed by atoms with van der Waals surface area (Å²) in [6.07, 6.45) is 0. The highest BCUT2D eigenvalue weighted by Crippen LogP contribution is 2.27. The zero-order chi connectivity index (χ0) is 18.1. The molecule has 2 rings (SSSR count). The maximum absolute atomic E-state index is 13.2. The van der Waals surface area contributed by atoms with E-state index in [-0.39, 0.29) is 29.8 Å². The van der Waals surface area contributed by atoms with E-state index in [1.54, 1.807) is 20.3 Å². The minimum Gasteiger partial charge on any atom is -0.493 e. The zero-order valence-electron chi connectivity index (χ0n) is 15.2. The van der Waals surface area contributed by atoms with Gasteiger partial charge in [0, 0.05) is 13.1 Å².